The summed E-state index contributed by atoms with van der Waals surface area (Å²) in [6.07, 6.45) is 7.60. The van der Waals surface area contributed by atoms with Crippen molar-refractivity contribution in [3.8, 4) is 0 Å². The SMILES string of the molecule is C=CC.CC1=C(c2ccc3ccc4c(C)ccc5ccc2c3c54)C=CC(C)C1.c1ccc2ccccc2c1. The predicted molar refractivity (Wildman–Crippen MR) is 170 cm³/mol. The van der Waals surface area contributed by atoms with E-state index in [1.165, 1.54) is 65.4 Å². The van der Waals surface area contributed by atoms with Crippen LogP contribution in [0.25, 0.3) is 48.7 Å². The molecule has 0 heteroatoms. The first-order chi connectivity index (χ1) is 18.5. The Bertz CT molecular complexity index is 1730. The average Bonchev–Trinajstić information content (AvgIpc) is 2.94. The Morgan fingerprint density at radius 3 is 1.74 bits per heavy atom. The molecule has 38 heavy (non-hydrogen) atoms. The Labute approximate surface area is 227 Å². The highest BCUT2D eigenvalue weighted by Gasteiger charge is 2.16. The van der Waals surface area contributed by atoms with E-state index >= 15 is 0 Å². The molecule has 0 saturated carbocycles. The van der Waals surface area contributed by atoms with Crippen LogP contribution in [0.3, 0.4) is 0 Å². The molecular weight excluding hydrogens is 456 g/mol. The van der Waals surface area contributed by atoms with Crippen LogP contribution in [0, 0.1) is 12.8 Å². The summed E-state index contributed by atoms with van der Waals surface area (Å²) < 4.78 is 0. The quantitative estimate of drug-likeness (QED) is 0.158. The fourth-order valence-corrected chi connectivity index (χ4v) is 5.70. The highest BCUT2D eigenvalue weighted by atomic mass is 14.2. The lowest BCUT2D eigenvalue weighted by Crippen LogP contribution is -2.00. The van der Waals surface area contributed by atoms with Crippen molar-refractivity contribution in [2.75, 3.05) is 0 Å². The van der Waals surface area contributed by atoms with Crippen LogP contribution in [0.1, 0.15) is 38.3 Å². The zero-order valence-corrected chi connectivity index (χ0v) is 23.0. The topological polar surface area (TPSA) is 0 Å². The fraction of sp³-hybridized carbons (Fsp3) is 0.158. The summed E-state index contributed by atoms with van der Waals surface area (Å²) in [4.78, 5) is 0. The molecule has 0 spiro atoms. The lowest BCUT2D eigenvalue weighted by atomic mass is 9.84. The highest BCUT2D eigenvalue weighted by molar-refractivity contribution is 6.25. The van der Waals surface area contributed by atoms with Crippen LogP contribution in [0.4, 0.5) is 0 Å². The van der Waals surface area contributed by atoms with Crippen molar-refractivity contribution in [1.82, 2.24) is 0 Å². The molecule has 0 aliphatic heterocycles. The van der Waals surface area contributed by atoms with E-state index in [4.69, 9.17) is 0 Å². The first-order valence-corrected chi connectivity index (χ1v) is 13.6. The number of hydrogen-bond donors (Lipinski definition) is 0. The molecule has 1 aliphatic rings. The molecule has 1 aliphatic carbocycles. The summed E-state index contributed by atoms with van der Waals surface area (Å²) >= 11 is 0. The van der Waals surface area contributed by atoms with E-state index in [9.17, 15) is 0 Å². The van der Waals surface area contributed by atoms with Crippen LogP contribution >= 0.6 is 0 Å². The Balaban J connectivity index is 0.000000188. The lowest BCUT2D eigenvalue weighted by Gasteiger charge is -2.20. The van der Waals surface area contributed by atoms with E-state index in [2.05, 4.69) is 137 Å². The Hall–Kier alpha value is -4.16. The molecule has 0 radical (unpaired) electrons. The maximum Gasteiger partial charge on any atom is -0.00205 e. The summed E-state index contributed by atoms with van der Waals surface area (Å²) in [7, 11) is 0. The lowest BCUT2D eigenvalue weighted by molar-refractivity contribution is 0.710. The zero-order chi connectivity index (χ0) is 26.6. The molecule has 0 saturated heterocycles. The Kier molecular flexibility index (Phi) is 7.43. The number of aryl methyl sites for hydroxylation is 1. The van der Waals surface area contributed by atoms with Gasteiger partial charge >= 0.3 is 0 Å². The monoisotopic (exact) mass is 492 g/mol. The van der Waals surface area contributed by atoms with Gasteiger partial charge in [0, 0.05) is 0 Å². The van der Waals surface area contributed by atoms with Gasteiger partial charge in [-0.3, -0.25) is 0 Å². The summed E-state index contributed by atoms with van der Waals surface area (Å²) in [5, 5.41) is 10.9. The molecular formula is C38H36. The first-order valence-electron chi connectivity index (χ1n) is 13.6. The second-order valence-electron chi connectivity index (χ2n) is 10.4. The van der Waals surface area contributed by atoms with Gasteiger partial charge in [-0.1, -0.05) is 128 Å². The highest BCUT2D eigenvalue weighted by Crippen LogP contribution is 2.40. The molecule has 1 atom stereocenters. The van der Waals surface area contributed by atoms with Crippen molar-refractivity contribution >= 4 is 48.7 Å². The third-order valence-electron chi connectivity index (χ3n) is 7.51. The van der Waals surface area contributed by atoms with Crippen molar-refractivity contribution in [1.29, 1.82) is 0 Å². The molecule has 188 valence electrons. The maximum atomic E-state index is 3.36. The van der Waals surface area contributed by atoms with Gasteiger partial charge in [0.1, 0.15) is 0 Å². The van der Waals surface area contributed by atoms with Gasteiger partial charge in [0.05, 0.1) is 0 Å². The van der Waals surface area contributed by atoms with Gasteiger partial charge in [-0.2, -0.15) is 0 Å². The molecule has 0 heterocycles. The summed E-state index contributed by atoms with van der Waals surface area (Å²) in [6, 6.07) is 35.0. The summed E-state index contributed by atoms with van der Waals surface area (Å²) in [5.41, 5.74) is 5.65. The normalized spacial score (nSPS) is 14.9. The van der Waals surface area contributed by atoms with Crippen LogP contribution in [-0.4, -0.2) is 0 Å². The molecule has 1 unspecified atom stereocenters. The first kappa shape index (κ1) is 25.5. The van der Waals surface area contributed by atoms with Gasteiger partial charge in [0.2, 0.25) is 0 Å². The number of fused-ring (bicyclic) bond motifs is 1. The minimum atomic E-state index is 0.645. The average molecular weight is 493 g/mol. The number of allylic oxidation sites excluding steroid dienone is 5. The minimum absolute atomic E-state index is 0.645. The number of rotatable bonds is 1. The summed E-state index contributed by atoms with van der Waals surface area (Å²) in [5.74, 6) is 0.645. The molecule has 0 bridgehead atoms. The maximum absolute atomic E-state index is 3.36. The number of hydrogen-bond acceptors (Lipinski definition) is 0. The van der Waals surface area contributed by atoms with Gasteiger partial charge in [-0.25, -0.2) is 0 Å². The largest absolute Gasteiger partial charge is 0.103 e. The van der Waals surface area contributed by atoms with E-state index in [1.807, 2.05) is 6.92 Å². The van der Waals surface area contributed by atoms with Crippen molar-refractivity contribution in [2.45, 2.75) is 34.1 Å². The third-order valence-corrected chi connectivity index (χ3v) is 7.51. The van der Waals surface area contributed by atoms with Gasteiger partial charge in [-0.15, -0.1) is 6.58 Å². The summed E-state index contributed by atoms with van der Waals surface area (Å²) in [6.45, 7) is 12.0. The van der Waals surface area contributed by atoms with Crippen LogP contribution in [0.5, 0.6) is 0 Å². The van der Waals surface area contributed by atoms with Crippen LogP contribution < -0.4 is 0 Å². The third kappa shape index (κ3) is 4.87. The predicted octanol–water partition coefficient (Wildman–Crippen LogP) is 11.3. The van der Waals surface area contributed by atoms with Crippen molar-refractivity contribution in [3.63, 3.8) is 0 Å². The molecule has 0 nitrogen and oxygen atoms in total. The zero-order valence-electron chi connectivity index (χ0n) is 23.0. The van der Waals surface area contributed by atoms with E-state index in [1.54, 1.807) is 6.08 Å². The van der Waals surface area contributed by atoms with Gasteiger partial charge < -0.3 is 0 Å². The van der Waals surface area contributed by atoms with Gasteiger partial charge in [-0.05, 0) is 92.9 Å². The standard InChI is InChI=1S/C25H22.C10H8.C3H6/c1-15-4-10-20(17(3)14-15)22-12-8-19-7-11-21-16(2)5-6-18-9-13-23(22)25(19)24(18)21;1-2-6-10-8-4-3-7-9(10)5-1;1-3-2/h4-13,15H,14H2,1-3H3;1-8H;3H,1H2,2H3. The smallest absolute Gasteiger partial charge is 0.00205 e. The van der Waals surface area contributed by atoms with Crippen molar-refractivity contribution < 1.29 is 0 Å². The van der Waals surface area contributed by atoms with Gasteiger partial charge in [0.25, 0.3) is 0 Å². The van der Waals surface area contributed by atoms with Crippen molar-refractivity contribution in [3.05, 3.63) is 139 Å². The molecule has 6 aromatic carbocycles. The molecule has 7 rings (SSSR count). The Morgan fingerprint density at radius 1 is 0.658 bits per heavy atom. The van der Waals surface area contributed by atoms with Crippen molar-refractivity contribution in [2.24, 2.45) is 5.92 Å². The Morgan fingerprint density at radius 2 is 1.16 bits per heavy atom. The fourth-order valence-electron chi connectivity index (χ4n) is 5.70. The second-order valence-corrected chi connectivity index (χ2v) is 10.4. The van der Waals surface area contributed by atoms with E-state index in [0.717, 1.165) is 6.42 Å². The molecule has 0 aromatic heterocycles. The van der Waals surface area contributed by atoms with E-state index in [-0.39, 0.29) is 0 Å². The van der Waals surface area contributed by atoms with Crippen LogP contribution in [0.2, 0.25) is 0 Å². The van der Waals surface area contributed by atoms with Gasteiger partial charge in [0.15, 0.2) is 0 Å². The molecule has 0 amide bonds. The minimum Gasteiger partial charge on any atom is -0.103 e. The van der Waals surface area contributed by atoms with E-state index < -0.39 is 0 Å². The van der Waals surface area contributed by atoms with Crippen LogP contribution in [0.15, 0.2) is 127 Å². The molecule has 6 aromatic rings. The molecule has 0 N–H and O–H groups in total. The molecule has 0 fully saturated rings. The number of benzene rings is 6. The second kappa shape index (κ2) is 11.1. The van der Waals surface area contributed by atoms with E-state index in [0.29, 0.717) is 5.92 Å². The van der Waals surface area contributed by atoms with Crippen LogP contribution in [-0.2, 0) is 0 Å².